The zero-order valence-corrected chi connectivity index (χ0v) is 12.2. The summed E-state index contributed by atoms with van der Waals surface area (Å²) in [6.45, 7) is 4.05. The van der Waals surface area contributed by atoms with E-state index in [4.69, 9.17) is 10.6 Å². The largest absolute Gasteiger partial charge is 0.496 e. The highest BCUT2D eigenvalue weighted by molar-refractivity contribution is 5.38. The van der Waals surface area contributed by atoms with Gasteiger partial charge in [0.05, 0.1) is 13.2 Å². The number of methoxy groups -OCH3 is 1. The molecule has 0 aliphatic rings. The Balaban J connectivity index is 2.28. The van der Waals surface area contributed by atoms with Crippen LogP contribution in [0.1, 0.15) is 28.4 Å². The van der Waals surface area contributed by atoms with E-state index >= 15 is 0 Å². The SMILES string of the molecule is COc1ccc(C)cc1CC(NN)c1ccnc(C)c1. The van der Waals surface area contributed by atoms with Gasteiger partial charge in [-0.2, -0.15) is 0 Å². The molecule has 106 valence electrons. The summed E-state index contributed by atoms with van der Waals surface area (Å²) in [5, 5.41) is 0. The van der Waals surface area contributed by atoms with Crippen LogP contribution < -0.4 is 16.0 Å². The van der Waals surface area contributed by atoms with E-state index in [1.165, 1.54) is 5.56 Å². The van der Waals surface area contributed by atoms with Gasteiger partial charge in [-0.15, -0.1) is 0 Å². The molecular formula is C16H21N3O. The Labute approximate surface area is 120 Å². The van der Waals surface area contributed by atoms with Crippen LogP contribution in [-0.2, 0) is 6.42 Å². The quantitative estimate of drug-likeness (QED) is 0.648. The normalized spacial score (nSPS) is 12.2. The molecule has 1 unspecified atom stereocenters. The highest BCUT2D eigenvalue weighted by atomic mass is 16.5. The Morgan fingerprint density at radius 3 is 2.70 bits per heavy atom. The Morgan fingerprint density at radius 2 is 2.05 bits per heavy atom. The summed E-state index contributed by atoms with van der Waals surface area (Å²) in [6, 6.07) is 10.2. The van der Waals surface area contributed by atoms with Gasteiger partial charge in [0.2, 0.25) is 0 Å². The summed E-state index contributed by atoms with van der Waals surface area (Å²) in [4.78, 5) is 4.22. The van der Waals surface area contributed by atoms with Crippen LogP contribution >= 0.6 is 0 Å². The standard InChI is InChI=1S/C16H21N3O/c1-11-4-5-16(20-3)14(8-11)10-15(19-17)13-6-7-18-12(2)9-13/h4-9,15,19H,10,17H2,1-3H3. The number of rotatable bonds is 5. The molecule has 1 aromatic heterocycles. The Hall–Kier alpha value is -1.91. The number of hydrogen-bond donors (Lipinski definition) is 2. The van der Waals surface area contributed by atoms with Gasteiger partial charge in [-0.3, -0.25) is 16.3 Å². The molecule has 4 nitrogen and oxygen atoms in total. The minimum Gasteiger partial charge on any atom is -0.496 e. The maximum absolute atomic E-state index is 5.72. The molecule has 0 spiro atoms. The van der Waals surface area contributed by atoms with E-state index in [2.05, 4.69) is 23.4 Å². The number of nitrogens with two attached hydrogens (primary N) is 1. The molecule has 0 amide bonds. The third kappa shape index (κ3) is 3.35. The highest BCUT2D eigenvalue weighted by Gasteiger charge is 2.14. The zero-order valence-electron chi connectivity index (χ0n) is 12.2. The number of ether oxygens (including phenoxy) is 1. The van der Waals surface area contributed by atoms with Crippen LogP contribution in [0.5, 0.6) is 5.75 Å². The van der Waals surface area contributed by atoms with Crippen LogP contribution in [0.2, 0.25) is 0 Å². The van der Waals surface area contributed by atoms with Crippen molar-refractivity contribution in [3.05, 3.63) is 58.9 Å². The molecule has 2 aromatic rings. The van der Waals surface area contributed by atoms with Crippen molar-refractivity contribution >= 4 is 0 Å². The summed E-state index contributed by atoms with van der Waals surface area (Å²) >= 11 is 0. The van der Waals surface area contributed by atoms with Crippen molar-refractivity contribution in [3.8, 4) is 5.75 Å². The van der Waals surface area contributed by atoms with Gasteiger partial charge in [0.25, 0.3) is 0 Å². The molecule has 0 bridgehead atoms. The summed E-state index contributed by atoms with van der Waals surface area (Å²) in [7, 11) is 1.69. The van der Waals surface area contributed by atoms with Crippen molar-refractivity contribution in [1.29, 1.82) is 0 Å². The van der Waals surface area contributed by atoms with Gasteiger partial charge in [-0.05, 0) is 49.6 Å². The molecule has 20 heavy (non-hydrogen) atoms. The number of pyridine rings is 1. The van der Waals surface area contributed by atoms with Crippen LogP contribution in [0.3, 0.4) is 0 Å². The van der Waals surface area contributed by atoms with Crippen molar-refractivity contribution in [2.75, 3.05) is 7.11 Å². The van der Waals surface area contributed by atoms with Crippen LogP contribution in [-0.4, -0.2) is 12.1 Å². The van der Waals surface area contributed by atoms with Crippen molar-refractivity contribution in [2.24, 2.45) is 5.84 Å². The number of hydrazine groups is 1. The minimum atomic E-state index is 0.0346. The Kier molecular flexibility index (Phi) is 4.71. The van der Waals surface area contributed by atoms with E-state index < -0.39 is 0 Å². The van der Waals surface area contributed by atoms with E-state index in [-0.39, 0.29) is 6.04 Å². The van der Waals surface area contributed by atoms with Gasteiger partial charge >= 0.3 is 0 Å². The first-order valence-corrected chi connectivity index (χ1v) is 6.66. The molecule has 1 aromatic carbocycles. The van der Waals surface area contributed by atoms with Gasteiger partial charge in [-0.1, -0.05) is 17.7 Å². The van der Waals surface area contributed by atoms with E-state index in [1.54, 1.807) is 7.11 Å². The molecular weight excluding hydrogens is 250 g/mol. The topological polar surface area (TPSA) is 60.2 Å². The lowest BCUT2D eigenvalue weighted by atomic mass is 9.98. The molecule has 0 aliphatic heterocycles. The van der Waals surface area contributed by atoms with Crippen LogP contribution in [0.15, 0.2) is 36.5 Å². The summed E-state index contributed by atoms with van der Waals surface area (Å²) in [5.41, 5.74) is 7.35. The molecule has 0 radical (unpaired) electrons. The molecule has 3 N–H and O–H groups in total. The second kappa shape index (κ2) is 6.50. The average molecular weight is 271 g/mol. The van der Waals surface area contributed by atoms with Crippen LogP contribution in [0.4, 0.5) is 0 Å². The minimum absolute atomic E-state index is 0.0346. The molecule has 0 saturated heterocycles. The van der Waals surface area contributed by atoms with E-state index in [0.29, 0.717) is 0 Å². The maximum atomic E-state index is 5.72. The lowest BCUT2D eigenvalue weighted by Crippen LogP contribution is -2.29. The van der Waals surface area contributed by atoms with Gasteiger partial charge < -0.3 is 4.74 Å². The number of nitrogens with one attached hydrogen (secondary N) is 1. The highest BCUT2D eigenvalue weighted by Crippen LogP contribution is 2.25. The Morgan fingerprint density at radius 1 is 1.25 bits per heavy atom. The molecule has 1 heterocycles. The number of aromatic nitrogens is 1. The van der Waals surface area contributed by atoms with E-state index in [9.17, 15) is 0 Å². The van der Waals surface area contributed by atoms with E-state index in [0.717, 1.165) is 29.0 Å². The van der Waals surface area contributed by atoms with Crippen molar-refractivity contribution < 1.29 is 4.74 Å². The third-order valence-electron chi connectivity index (χ3n) is 3.38. The molecule has 0 fully saturated rings. The first-order chi connectivity index (χ1) is 9.63. The van der Waals surface area contributed by atoms with E-state index in [1.807, 2.05) is 37.4 Å². The lowest BCUT2D eigenvalue weighted by Gasteiger charge is -2.18. The second-order valence-electron chi connectivity index (χ2n) is 4.97. The first-order valence-electron chi connectivity index (χ1n) is 6.66. The lowest BCUT2D eigenvalue weighted by molar-refractivity contribution is 0.405. The number of benzene rings is 1. The fourth-order valence-corrected chi connectivity index (χ4v) is 2.34. The Bertz CT molecular complexity index is 584. The maximum Gasteiger partial charge on any atom is 0.122 e. The number of aryl methyl sites for hydroxylation is 2. The molecule has 1 atom stereocenters. The molecule has 4 heteroatoms. The van der Waals surface area contributed by atoms with Gasteiger partial charge in [0.1, 0.15) is 5.75 Å². The molecule has 0 aliphatic carbocycles. The predicted molar refractivity (Wildman–Crippen MR) is 80.5 cm³/mol. The second-order valence-corrected chi connectivity index (χ2v) is 4.97. The number of hydrogen-bond acceptors (Lipinski definition) is 4. The first kappa shape index (κ1) is 14.5. The van der Waals surface area contributed by atoms with Gasteiger partial charge in [-0.25, -0.2) is 0 Å². The molecule has 0 saturated carbocycles. The fourth-order valence-electron chi connectivity index (χ4n) is 2.34. The monoisotopic (exact) mass is 271 g/mol. The number of nitrogens with zero attached hydrogens (tertiary/aromatic N) is 1. The smallest absolute Gasteiger partial charge is 0.122 e. The van der Waals surface area contributed by atoms with Gasteiger partial charge in [0.15, 0.2) is 0 Å². The van der Waals surface area contributed by atoms with Crippen molar-refractivity contribution in [3.63, 3.8) is 0 Å². The predicted octanol–water partition coefficient (Wildman–Crippen LogP) is 2.45. The van der Waals surface area contributed by atoms with Crippen molar-refractivity contribution in [1.82, 2.24) is 10.4 Å². The average Bonchev–Trinajstić information content (AvgIpc) is 2.45. The zero-order chi connectivity index (χ0) is 14.5. The summed E-state index contributed by atoms with van der Waals surface area (Å²) in [5.74, 6) is 6.61. The summed E-state index contributed by atoms with van der Waals surface area (Å²) < 4.78 is 5.42. The fraction of sp³-hybridized carbons (Fsp3) is 0.312. The van der Waals surface area contributed by atoms with Gasteiger partial charge in [0, 0.05) is 11.9 Å². The van der Waals surface area contributed by atoms with Crippen LogP contribution in [0, 0.1) is 13.8 Å². The molecule has 2 rings (SSSR count). The van der Waals surface area contributed by atoms with Crippen LogP contribution in [0.25, 0.3) is 0 Å². The summed E-state index contributed by atoms with van der Waals surface area (Å²) in [6.07, 6.45) is 2.58. The third-order valence-corrected chi connectivity index (χ3v) is 3.38. The van der Waals surface area contributed by atoms with Crippen molar-refractivity contribution in [2.45, 2.75) is 26.3 Å².